The van der Waals surface area contributed by atoms with E-state index in [0.717, 1.165) is 35.8 Å². The third-order valence-corrected chi connectivity index (χ3v) is 5.76. The Labute approximate surface area is 170 Å². The zero-order valence-electron chi connectivity index (χ0n) is 15.6. The van der Waals surface area contributed by atoms with Gasteiger partial charge in [-0.1, -0.05) is 29.8 Å². The number of aliphatic imine (C=N–C) groups is 1. The summed E-state index contributed by atoms with van der Waals surface area (Å²) in [6.07, 6.45) is 0.980. The summed E-state index contributed by atoms with van der Waals surface area (Å²) >= 11 is 6.09. The summed E-state index contributed by atoms with van der Waals surface area (Å²) < 4.78 is 23.0. The molecule has 1 aliphatic rings. The number of rotatable bonds is 5. The highest BCUT2D eigenvalue weighted by molar-refractivity contribution is 7.89. The van der Waals surface area contributed by atoms with Crippen molar-refractivity contribution >= 4 is 33.3 Å². The third kappa shape index (κ3) is 5.37. The number of nitrogens with zero attached hydrogens (tertiary/aromatic N) is 2. The molecule has 1 unspecified atom stereocenters. The van der Waals surface area contributed by atoms with Gasteiger partial charge < -0.3 is 15.5 Å². The molecular formula is C19H24ClN5O2S. The monoisotopic (exact) mass is 421 g/mol. The molecule has 1 saturated heterocycles. The van der Waals surface area contributed by atoms with E-state index in [1.54, 1.807) is 19.2 Å². The van der Waals surface area contributed by atoms with E-state index in [1.807, 2.05) is 24.3 Å². The van der Waals surface area contributed by atoms with Crippen molar-refractivity contribution < 1.29 is 8.42 Å². The van der Waals surface area contributed by atoms with Crippen LogP contribution in [0.2, 0.25) is 5.02 Å². The number of nitrogens with two attached hydrogens (primary N) is 1. The second-order valence-corrected chi connectivity index (χ2v) is 8.67. The van der Waals surface area contributed by atoms with Crippen LogP contribution in [0.4, 0.5) is 5.69 Å². The van der Waals surface area contributed by atoms with Gasteiger partial charge in [-0.3, -0.25) is 4.99 Å². The van der Waals surface area contributed by atoms with Gasteiger partial charge in [0.2, 0.25) is 10.0 Å². The Bertz CT molecular complexity index is 964. The number of hydrogen-bond donors (Lipinski definition) is 3. The standard InChI is InChI=1S/C19H24ClN5O2S/c1-22-19(23-12-14-4-2-7-18(10-14)28(21,26)27)24-16-8-9-25(13-16)17-6-3-5-15(20)11-17/h2-7,10-11,16H,8-9,12-13H2,1H3,(H2,21,26,27)(H2,22,23,24). The molecule has 3 rings (SSSR count). The highest BCUT2D eigenvalue weighted by Crippen LogP contribution is 2.23. The molecule has 4 N–H and O–H groups in total. The van der Waals surface area contributed by atoms with Crippen molar-refractivity contribution in [1.82, 2.24) is 10.6 Å². The smallest absolute Gasteiger partial charge is 0.238 e. The van der Waals surface area contributed by atoms with Crippen LogP contribution in [-0.2, 0) is 16.6 Å². The van der Waals surface area contributed by atoms with Crippen LogP contribution in [0, 0.1) is 0 Å². The minimum absolute atomic E-state index is 0.0997. The van der Waals surface area contributed by atoms with Crippen LogP contribution >= 0.6 is 11.6 Å². The molecule has 2 aromatic rings. The van der Waals surface area contributed by atoms with E-state index in [0.29, 0.717) is 12.5 Å². The summed E-state index contributed by atoms with van der Waals surface area (Å²) in [7, 11) is -2.00. The number of hydrogen-bond acceptors (Lipinski definition) is 4. The van der Waals surface area contributed by atoms with Crippen molar-refractivity contribution in [2.75, 3.05) is 25.0 Å². The predicted molar refractivity (Wildman–Crippen MR) is 113 cm³/mol. The number of nitrogens with one attached hydrogen (secondary N) is 2. The Balaban J connectivity index is 1.56. The van der Waals surface area contributed by atoms with Crippen molar-refractivity contribution in [2.24, 2.45) is 10.1 Å². The molecule has 0 saturated carbocycles. The molecule has 0 aromatic heterocycles. The van der Waals surface area contributed by atoms with Crippen LogP contribution in [0.15, 0.2) is 58.4 Å². The maximum atomic E-state index is 11.5. The number of benzene rings is 2. The molecule has 150 valence electrons. The predicted octanol–water partition coefficient (Wildman–Crippen LogP) is 1.93. The number of halogens is 1. The number of anilines is 1. The van der Waals surface area contributed by atoms with Crippen LogP contribution in [0.1, 0.15) is 12.0 Å². The zero-order valence-corrected chi connectivity index (χ0v) is 17.2. The van der Waals surface area contributed by atoms with Crippen molar-refractivity contribution in [3.63, 3.8) is 0 Å². The van der Waals surface area contributed by atoms with Gasteiger partial charge in [0, 0.05) is 43.4 Å². The van der Waals surface area contributed by atoms with Crippen molar-refractivity contribution in [3.05, 3.63) is 59.1 Å². The van der Waals surface area contributed by atoms with Gasteiger partial charge in [0.25, 0.3) is 0 Å². The van der Waals surface area contributed by atoms with Gasteiger partial charge in [-0.15, -0.1) is 0 Å². The molecule has 0 aliphatic carbocycles. The van der Waals surface area contributed by atoms with Crippen molar-refractivity contribution in [3.8, 4) is 0 Å². The first-order valence-electron chi connectivity index (χ1n) is 8.94. The molecule has 28 heavy (non-hydrogen) atoms. The molecule has 2 aromatic carbocycles. The van der Waals surface area contributed by atoms with Crippen LogP contribution in [0.25, 0.3) is 0 Å². The van der Waals surface area contributed by atoms with E-state index in [4.69, 9.17) is 16.7 Å². The van der Waals surface area contributed by atoms with Gasteiger partial charge in [-0.2, -0.15) is 0 Å². The van der Waals surface area contributed by atoms with Gasteiger partial charge in [0.1, 0.15) is 0 Å². The third-order valence-electron chi connectivity index (χ3n) is 4.61. The molecule has 1 atom stereocenters. The van der Waals surface area contributed by atoms with Gasteiger partial charge >= 0.3 is 0 Å². The first-order chi connectivity index (χ1) is 13.3. The Morgan fingerprint density at radius 2 is 2.07 bits per heavy atom. The van der Waals surface area contributed by atoms with Crippen LogP contribution in [0.3, 0.4) is 0 Å². The lowest BCUT2D eigenvalue weighted by Crippen LogP contribution is -2.44. The van der Waals surface area contributed by atoms with E-state index in [1.165, 1.54) is 6.07 Å². The van der Waals surface area contributed by atoms with Gasteiger partial charge in [0.05, 0.1) is 4.90 Å². The van der Waals surface area contributed by atoms with Gasteiger partial charge in [0.15, 0.2) is 5.96 Å². The summed E-state index contributed by atoms with van der Waals surface area (Å²) in [6.45, 7) is 2.22. The molecule has 1 aliphatic heterocycles. The minimum atomic E-state index is -3.71. The molecule has 0 spiro atoms. The highest BCUT2D eigenvalue weighted by atomic mass is 35.5. The average molecular weight is 422 g/mol. The molecule has 0 amide bonds. The van der Waals surface area contributed by atoms with E-state index in [-0.39, 0.29) is 10.9 Å². The lowest BCUT2D eigenvalue weighted by atomic mass is 10.2. The van der Waals surface area contributed by atoms with Gasteiger partial charge in [-0.25, -0.2) is 13.6 Å². The van der Waals surface area contributed by atoms with E-state index in [2.05, 4.69) is 26.6 Å². The van der Waals surface area contributed by atoms with Crippen LogP contribution < -0.4 is 20.7 Å². The molecule has 9 heteroatoms. The van der Waals surface area contributed by atoms with Crippen molar-refractivity contribution in [2.45, 2.75) is 23.9 Å². The Morgan fingerprint density at radius 1 is 1.29 bits per heavy atom. The number of guanidine groups is 1. The number of sulfonamides is 1. The molecular weight excluding hydrogens is 398 g/mol. The SMILES string of the molecule is CN=C(NCc1cccc(S(N)(=O)=O)c1)NC1CCN(c2cccc(Cl)c2)C1. The molecule has 7 nitrogen and oxygen atoms in total. The van der Waals surface area contributed by atoms with E-state index >= 15 is 0 Å². The first-order valence-corrected chi connectivity index (χ1v) is 10.9. The first kappa shape index (κ1) is 20.4. The average Bonchev–Trinajstić information content (AvgIpc) is 3.13. The lowest BCUT2D eigenvalue weighted by molar-refractivity contribution is 0.597. The fraction of sp³-hybridized carbons (Fsp3) is 0.316. The van der Waals surface area contributed by atoms with E-state index < -0.39 is 10.0 Å². The summed E-state index contributed by atoms with van der Waals surface area (Å²) in [5, 5.41) is 12.6. The highest BCUT2D eigenvalue weighted by Gasteiger charge is 2.23. The molecule has 1 heterocycles. The fourth-order valence-electron chi connectivity index (χ4n) is 3.19. The largest absolute Gasteiger partial charge is 0.369 e. The zero-order chi connectivity index (χ0) is 20.1. The fourth-order valence-corrected chi connectivity index (χ4v) is 3.96. The van der Waals surface area contributed by atoms with E-state index in [9.17, 15) is 8.42 Å². The topological polar surface area (TPSA) is 99.8 Å². The second kappa shape index (κ2) is 8.81. The summed E-state index contributed by atoms with van der Waals surface area (Å²) in [5.74, 6) is 0.666. The second-order valence-electron chi connectivity index (χ2n) is 6.67. The summed E-state index contributed by atoms with van der Waals surface area (Å²) in [6, 6.07) is 14.7. The van der Waals surface area contributed by atoms with Crippen LogP contribution in [0.5, 0.6) is 0 Å². The van der Waals surface area contributed by atoms with Gasteiger partial charge in [-0.05, 0) is 42.3 Å². The van der Waals surface area contributed by atoms with Crippen LogP contribution in [-0.4, -0.2) is 40.6 Å². The minimum Gasteiger partial charge on any atom is -0.369 e. The molecule has 0 radical (unpaired) electrons. The van der Waals surface area contributed by atoms with Crippen molar-refractivity contribution in [1.29, 1.82) is 0 Å². The lowest BCUT2D eigenvalue weighted by Gasteiger charge is -2.20. The Hall–Kier alpha value is -2.29. The molecule has 1 fully saturated rings. The number of primary sulfonamides is 1. The summed E-state index contributed by atoms with van der Waals surface area (Å²) in [4.78, 5) is 6.65. The Kier molecular flexibility index (Phi) is 6.43. The maximum absolute atomic E-state index is 11.5. The quantitative estimate of drug-likeness (QED) is 0.506. The normalized spacial score (nSPS) is 17.6. The maximum Gasteiger partial charge on any atom is 0.238 e. The molecule has 0 bridgehead atoms. The Morgan fingerprint density at radius 3 is 2.79 bits per heavy atom. The summed E-state index contributed by atoms with van der Waals surface area (Å²) in [5.41, 5.74) is 1.92.